The summed E-state index contributed by atoms with van der Waals surface area (Å²) in [6.07, 6.45) is 4.96. The number of carboxylic acids is 1. The monoisotopic (exact) mass is 439 g/mol. The molecule has 0 amide bonds. The van der Waals surface area contributed by atoms with Crippen molar-refractivity contribution in [2.45, 2.75) is 45.2 Å². The van der Waals surface area contributed by atoms with Gasteiger partial charge in [-0.15, -0.1) is 0 Å². The number of nitrogens with zero attached hydrogens (tertiary/aromatic N) is 3. The molecule has 2 aromatic heterocycles. The van der Waals surface area contributed by atoms with Crippen molar-refractivity contribution in [3.63, 3.8) is 0 Å². The van der Waals surface area contributed by atoms with E-state index in [1.54, 1.807) is 26.5 Å². The van der Waals surface area contributed by atoms with E-state index in [9.17, 15) is 9.90 Å². The molecule has 0 fully saturated rings. The van der Waals surface area contributed by atoms with Gasteiger partial charge in [-0.1, -0.05) is 26.2 Å². The third-order valence-electron chi connectivity index (χ3n) is 5.09. The van der Waals surface area contributed by atoms with Gasteiger partial charge in [-0.05, 0) is 30.7 Å². The van der Waals surface area contributed by atoms with Crippen molar-refractivity contribution in [3.05, 3.63) is 42.1 Å². The quantitative estimate of drug-likeness (QED) is 0.358. The normalized spacial score (nSPS) is 11.7. The van der Waals surface area contributed by atoms with Crippen molar-refractivity contribution in [3.8, 4) is 11.5 Å². The lowest BCUT2D eigenvalue weighted by atomic mass is 10.1. The summed E-state index contributed by atoms with van der Waals surface area (Å²) in [7, 11) is 3.20. The molecule has 0 saturated heterocycles. The largest absolute Gasteiger partial charge is 0.497 e. The number of benzene rings is 1. The Labute approximate surface area is 187 Å². The van der Waals surface area contributed by atoms with E-state index in [1.165, 1.54) is 0 Å². The number of aromatic nitrogens is 3. The number of carbonyl (C=O) groups is 1. The third kappa shape index (κ3) is 5.75. The zero-order valence-electron chi connectivity index (χ0n) is 18.6. The number of ether oxygens (including phenoxy) is 2. The molecule has 0 unspecified atom stereocenters. The number of unbranched alkanes of at least 4 members (excludes halogenated alkanes) is 2. The van der Waals surface area contributed by atoms with Crippen molar-refractivity contribution in [2.75, 3.05) is 24.9 Å². The highest BCUT2D eigenvalue weighted by molar-refractivity contribution is 5.88. The Morgan fingerprint density at radius 3 is 2.72 bits per heavy atom. The number of carboxylic acid groups (broad SMARTS) is 1. The second kappa shape index (κ2) is 11.1. The highest BCUT2D eigenvalue weighted by Crippen LogP contribution is 2.26. The van der Waals surface area contributed by atoms with Crippen molar-refractivity contribution in [1.82, 2.24) is 15.0 Å². The molecule has 0 aliphatic carbocycles. The maximum Gasteiger partial charge on any atom is 0.326 e. The van der Waals surface area contributed by atoms with Gasteiger partial charge in [-0.3, -0.25) is 4.98 Å². The highest BCUT2D eigenvalue weighted by Gasteiger charge is 2.20. The number of nitrogens with one attached hydrogen (secondary N) is 2. The summed E-state index contributed by atoms with van der Waals surface area (Å²) in [6.45, 7) is 2.50. The SMILES string of the molecule is CCCCC[C@@H](Nc1nc(NCc2ccc(OC)cc2OC)nc2cccnc12)C(=O)O. The van der Waals surface area contributed by atoms with Gasteiger partial charge in [0.1, 0.15) is 23.1 Å². The fraction of sp³-hybridized carbons (Fsp3) is 0.391. The number of methoxy groups -OCH3 is 2. The lowest BCUT2D eigenvalue weighted by molar-refractivity contribution is -0.138. The summed E-state index contributed by atoms with van der Waals surface area (Å²) in [4.78, 5) is 25.2. The van der Waals surface area contributed by atoms with Crippen LogP contribution in [-0.4, -0.2) is 46.3 Å². The smallest absolute Gasteiger partial charge is 0.326 e. The molecule has 0 spiro atoms. The van der Waals surface area contributed by atoms with Crippen LogP contribution in [0.5, 0.6) is 11.5 Å². The van der Waals surface area contributed by atoms with Gasteiger partial charge in [-0.25, -0.2) is 9.78 Å². The molecule has 3 N–H and O–H groups in total. The zero-order chi connectivity index (χ0) is 22.9. The van der Waals surface area contributed by atoms with Crippen LogP contribution in [-0.2, 0) is 11.3 Å². The van der Waals surface area contributed by atoms with Crippen molar-refractivity contribution >= 4 is 28.8 Å². The Hall–Kier alpha value is -3.62. The number of hydrogen-bond acceptors (Lipinski definition) is 8. The first-order valence-electron chi connectivity index (χ1n) is 10.6. The van der Waals surface area contributed by atoms with Gasteiger partial charge in [0.2, 0.25) is 5.95 Å². The average molecular weight is 440 g/mol. The number of fused-ring (bicyclic) bond motifs is 1. The molecule has 9 nitrogen and oxygen atoms in total. The average Bonchev–Trinajstić information content (AvgIpc) is 2.81. The lowest BCUT2D eigenvalue weighted by Crippen LogP contribution is -2.30. The molecular formula is C23H29N5O4. The van der Waals surface area contributed by atoms with Crippen LogP contribution in [0.4, 0.5) is 11.8 Å². The van der Waals surface area contributed by atoms with E-state index in [4.69, 9.17) is 9.47 Å². The maximum absolute atomic E-state index is 11.8. The molecular weight excluding hydrogens is 410 g/mol. The molecule has 9 heteroatoms. The molecule has 32 heavy (non-hydrogen) atoms. The Balaban J connectivity index is 1.85. The van der Waals surface area contributed by atoms with Gasteiger partial charge < -0.3 is 25.2 Å². The van der Waals surface area contributed by atoms with Gasteiger partial charge >= 0.3 is 5.97 Å². The lowest BCUT2D eigenvalue weighted by Gasteiger charge is -2.17. The number of pyridine rings is 1. The summed E-state index contributed by atoms with van der Waals surface area (Å²) in [6, 6.07) is 8.41. The molecule has 3 rings (SSSR count). The van der Waals surface area contributed by atoms with Crippen LogP contribution >= 0.6 is 0 Å². The Bertz CT molecular complexity index is 1060. The molecule has 170 valence electrons. The number of anilines is 2. The van der Waals surface area contributed by atoms with E-state index in [-0.39, 0.29) is 0 Å². The predicted molar refractivity (Wildman–Crippen MR) is 123 cm³/mol. The fourth-order valence-electron chi connectivity index (χ4n) is 3.34. The van der Waals surface area contributed by atoms with Gasteiger partial charge in [0, 0.05) is 24.4 Å². The first-order chi connectivity index (χ1) is 15.5. The summed E-state index contributed by atoms with van der Waals surface area (Å²) in [5.41, 5.74) is 2.05. The molecule has 2 heterocycles. The first kappa shape index (κ1) is 23.1. The molecule has 0 radical (unpaired) electrons. The number of aliphatic carboxylic acids is 1. The minimum absolute atomic E-state index is 0.364. The van der Waals surface area contributed by atoms with Crippen LogP contribution < -0.4 is 20.1 Å². The van der Waals surface area contributed by atoms with E-state index in [2.05, 4.69) is 32.5 Å². The van der Waals surface area contributed by atoms with Crippen molar-refractivity contribution in [1.29, 1.82) is 0 Å². The van der Waals surface area contributed by atoms with Gasteiger partial charge in [0.15, 0.2) is 5.82 Å². The van der Waals surface area contributed by atoms with Crippen LogP contribution in [0.25, 0.3) is 11.0 Å². The summed E-state index contributed by atoms with van der Waals surface area (Å²) in [5, 5.41) is 15.9. The van der Waals surface area contributed by atoms with E-state index in [1.807, 2.05) is 24.3 Å². The van der Waals surface area contributed by atoms with E-state index in [0.29, 0.717) is 47.3 Å². The number of rotatable bonds is 12. The Morgan fingerprint density at radius 2 is 2.00 bits per heavy atom. The van der Waals surface area contributed by atoms with Crippen LogP contribution in [0.3, 0.4) is 0 Å². The van der Waals surface area contributed by atoms with E-state index in [0.717, 1.165) is 24.8 Å². The van der Waals surface area contributed by atoms with Gasteiger partial charge in [0.05, 0.1) is 19.7 Å². The molecule has 0 bridgehead atoms. The van der Waals surface area contributed by atoms with E-state index >= 15 is 0 Å². The first-order valence-corrected chi connectivity index (χ1v) is 10.6. The molecule has 1 atom stereocenters. The molecule has 0 saturated carbocycles. The third-order valence-corrected chi connectivity index (χ3v) is 5.09. The second-order valence-electron chi connectivity index (χ2n) is 7.33. The minimum Gasteiger partial charge on any atom is -0.497 e. The maximum atomic E-state index is 11.8. The van der Waals surface area contributed by atoms with Crippen molar-refractivity contribution in [2.24, 2.45) is 0 Å². The van der Waals surface area contributed by atoms with Crippen LogP contribution in [0.2, 0.25) is 0 Å². The second-order valence-corrected chi connectivity index (χ2v) is 7.33. The molecule has 0 aliphatic heterocycles. The van der Waals surface area contributed by atoms with Crippen molar-refractivity contribution < 1.29 is 19.4 Å². The standard InChI is InChI=1S/C23H29N5O4/c1-4-5-6-8-18(22(29)30)26-21-20-17(9-7-12-24-20)27-23(28-21)25-14-15-10-11-16(31-2)13-19(15)32-3/h7,9-13,18H,4-6,8,14H2,1-3H3,(H,29,30)(H2,25,26,27,28)/t18-/m1/s1. The fourth-order valence-corrected chi connectivity index (χ4v) is 3.34. The Morgan fingerprint density at radius 1 is 1.16 bits per heavy atom. The predicted octanol–water partition coefficient (Wildman–Crippen LogP) is 4.10. The van der Waals surface area contributed by atoms with Gasteiger partial charge in [0.25, 0.3) is 0 Å². The van der Waals surface area contributed by atoms with Crippen LogP contribution in [0, 0.1) is 0 Å². The number of hydrogen-bond donors (Lipinski definition) is 3. The molecule has 1 aromatic carbocycles. The highest BCUT2D eigenvalue weighted by atomic mass is 16.5. The molecule has 0 aliphatic rings. The van der Waals surface area contributed by atoms with Crippen LogP contribution in [0.15, 0.2) is 36.5 Å². The summed E-state index contributed by atoms with van der Waals surface area (Å²) in [5.74, 6) is 1.22. The zero-order valence-corrected chi connectivity index (χ0v) is 18.6. The topological polar surface area (TPSA) is 118 Å². The molecule has 3 aromatic rings. The minimum atomic E-state index is -0.915. The Kier molecular flexibility index (Phi) is 8.02. The van der Waals surface area contributed by atoms with E-state index < -0.39 is 12.0 Å². The summed E-state index contributed by atoms with van der Waals surface area (Å²) < 4.78 is 10.7. The van der Waals surface area contributed by atoms with Gasteiger partial charge in [-0.2, -0.15) is 4.98 Å². The van der Waals surface area contributed by atoms with Crippen LogP contribution in [0.1, 0.15) is 38.2 Å². The summed E-state index contributed by atoms with van der Waals surface area (Å²) >= 11 is 0.